The number of esters is 1. The molecule has 0 saturated heterocycles. The third kappa shape index (κ3) is 3.02. The largest absolute Gasteiger partial charge is 0.456 e. The predicted octanol–water partition coefficient (Wildman–Crippen LogP) is 1.97. The zero-order valence-electron chi connectivity index (χ0n) is 12.6. The minimum atomic E-state index is -0.501. The summed E-state index contributed by atoms with van der Waals surface area (Å²) < 4.78 is 6.35. The summed E-state index contributed by atoms with van der Waals surface area (Å²) in [6.45, 7) is -0.148. The Hall–Kier alpha value is -3.05. The van der Waals surface area contributed by atoms with Crippen molar-refractivity contribution in [2.75, 3.05) is 6.26 Å². The number of nitrogens with zero attached hydrogens (tertiary/aromatic N) is 3. The molecule has 1 N–H and O–H groups in total. The molecule has 7 nitrogen and oxygen atoms in total. The molecule has 0 aliphatic heterocycles. The standard InChI is InChI=1S/C16H12N4O3S/c1-24-13-4-2-10(3-5-13)16(22)23-9-12-6-14(21)20-15(19-12)11(7-17)8-18-20/h2-6,8,18H,9H2,1H3. The fraction of sp³-hybridized carbons (Fsp3) is 0.125. The first-order valence-electron chi connectivity index (χ1n) is 6.93. The normalized spacial score (nSPS) is 10.5. The third-order valence-corrected chi connectivity index (χ3v) is 4.09. The number of benzene rings is 1. The molecule has 0 radical (unpaired) electrons. The molecular weight excluding hydrogens is 328 g/mol. The average Bonchev–Trinajstić information content (AvgIpc) is 3.03. The van der Waals surface area contributed by atoms with Crippen LogP contribution in [0, 0.1) is 11.3 Å². The Balaban J connectivity index is 1.78. The van der Waals surface area contributed by atoms with E-state index in [0.29, 0.717) is 5.56 Å². The molecule has 1 aromatic carbocycles. The second-order valence-electron chi connectivity index (χ2n) is 4.85. The van der Waals surface area contributed by atoms with Crippen LogP contribution in [-0.4, -0.2) is 26.8 Å². The molecule has 2 heterocycles. The first kappa shape index (κ1) is 15.8. The molecule has 0 saturated carbocycles. The molecule has 0 aliphatic rings. The number of H-pyrrole nitrogens is 1. The van der Waals surface area contributed by atoms with Crippen LogP contribution in [0.1, 0.15) is 21.6 Å². The molecule has 0 amide bonds. The molecule has 0 bridgehead atoms. The van der Waals surface area contributed by atoms with E-state index in [1.807, 2.05) is 24.5 Å². The van der Waals surface area contributed by atoms with Crippen molar-refractivity contribution in [1.82, 2.24) is 14.6 Å². The molecular formula is C16H12N4O3S. The van der Waals surface area contributed by atoms with Gasteiger partial charge in [-0.3, -0.25) is 9.89 Å². The monoisotopic (exact) mass is 340 g/mol. The molecule has 2 aromatic heterocycles. The van der Waals surface area contributed by atoms with Gasteiger partial charge in [0.2, 0.25) is 0 Å². The van der Waals surface area contributed by atoms with Gasteiger partial charge in [-0.2, -0.15) is 5.26 Å². The maximum atomic E-state index is 12.0. The molecule has 0 fully saturated rings. The molecule has 24 heavy (non-hydrogen) atoms. The Kier molecular flexibility index (Phi) is 4.35. The van der Waals surface area contributed by atoms with Gasteiger partial charge in [0.15, 0.2) is 5.65 Å². The summed E-state index contributed by atoms with van der Waals surface area (Å²) in [5, 5.41) is 11.6. The zero-order valence-corrected chi connectivity index (χ0v) is 13.5. The number of nitrogens with one attached hydrogen (secondary N) is 1. The van der Waals surface area contributed by atoms with Crippen LogP contribution in [0.4, 0.5) is 0 Å². The lowest BCUT2D eigenvalue weighted by atomic mass is 10.2. The highest BCUT2D eigenvalue weighted by Gasteiger charge is 2.11. The van der Waals surface area contributed by atoms with Crippen LogP contribution in [0.2, 0.25) is 0 Å². The lowest BCUT2D eigenvalue weighted by Crippen LogP contribution is -2.17. The number of carbonyl (C=O) groups excluding carboxylic acids is 1. The van der Waals surface area contributed by atoms with E-state index >= 15 is 0 Å². The summed E-state index contributed by atoms with van der Waals surface area (Å²) in [5.41, 5.74) is 0.778. The second-order valence-corrected chi connectivity index (χ2v) is 5.73. The third-order valence-electron chi connectivity index (χ3n) is 3.35. The summed E-state index contributed by atoms with van der Waals surface area (Å²) in [4.78, 5) is 29.2. The maximum Gasteiger partial charge on any atom is 0.338 e. The Labute approximate surface area is 140 Å². The first-order valence-corrected chi connectivity index (χ1v) is 8.16. The van der Waals surface area contributed by atoms with Crippen molar-refractivity contribution in [2.24, 2.45) is 0 Å². The van der Waals surface area contributed by atoms with Gasteiger partial charge in [-0.05, 0) is 30.5 Å². The number of carbonyl (C=O) groups is 1. The van der Waals surface area contributed by atoms with Crippen molar-refractivity contribution >= 4 is 23.4 Å². The Morgan fingerprint density at radius 3 is 2.83 bits per heavy atom. The molecule has 3 rings (SSSR count). The van der Waals surface area contributed by atoms with Crippen LogP contribution >= 0.6 is 11.8 Å². The number of aromatic amines is 1. The van der Waals surface area contributed by atoms with Gasteiger partial charge in [-0.15, -0.1) is 11.8 Å². The molecule has 0 atom stereocenters. The minimum absolute atomic E-state index is 0.148. The lowest BCUT2D eigenvalue weighted by Gasteiger charge is -2.05. The van der Waals surface area contributed by atoms with Gasteiger partial charge in [-0.1, -0.05) is 0 Å². The fourth-order valence-corrected chi connectivity index (χ4v) is 2.54. The summed E-state index contributed by atoms with van der Waals surface area (Å²) >= 11 is 1.58. The number of nitriles is 1. The van der Waals surface area contributed by atoms with E-state index in [9.17, 15) is 9.59 Å². The van der Waals surface area contributed by atoms with E-state index in [0.717, 1.165) is 9.41 Å². The Morgan fingerprint density at radius 2 is 2.17 bits per heavy atom. The number of rotatable bonds is 4. The van der Waals surface area contributed by atoms with Gasteiger partial charge in [0.05, 0.1) is 11.3 Å². The van der Waals surface area contributed by atoms with Crippen molar-refractivity contribution in [1.29, 1.82) is 5.26 Å². The van der Waals surface area contributed by atoms with Crippen LogP contribution in [0.25, 0.3) is 5.65 Å². The molecule has 3 aromatic rings. The number of ether oxygens (including phenoxy) is 1. The second kappa shape index (κ2) is 6.60. The van der Waals surface area contributed by atoms with Crippen LogP contribution in [-0.2, 0) is 11.3 Å². The predicted molar refractivity (Wildman–Crippen MR) is 87.9 cm³/mol. The number of aromatic nitrogens is 3. The van der Waals surface area contributed by atoms with Crippen LogP contribution < -0.4 is 5.56 Å². The highest BCUT2D eigenvalue weighted by Crippen LogP contribution is 2.15. The van der Waals surface area contributed by atoms with Crippen molar-refractivity contribution in [3.05, 3.63) is 63.7 Å². The lowest BCUT2D eigenvalue weighted by molar-refractivity contribution is 0.0467. The van der Waals surface area contributed by atoms with Gasteiger partial charge in [0.25, 0.3) is 5.56 Å². The van der Waals surface area contributed by atoms with E-state index in [1.54, 1.807) is 23.9 Å². The Morgan fingerprint density at radius 1 is 1.42 bits per heavy atom. The van der Waals surface area contributed by atoms with Crippen molar-refractivity contribution in [3.63, 3.8) is 0 Å². The van der Waals surface area contributed by atoms with Gasteiger partial charge in [0, 0.05) is 17.2 Å². The molecule has 0 unspecified atom stereocenters. The summed E-state index contributed by atoms with van der Waals surface area (Å²) in [6.07, 6.45) is 3.34. The minimum Gasteiger partial charge on any atom is -0.456 e. The van der Waals surface area contributed by atoms with Gasteiger partial charge < -0.3 is 4.74 Å². The molecule has 8 heteroatoms. The fourth-order valence-electron chi connectivity index (χ4n) is 2.13. The van der Waals surface area contributed by atoms with Crippen LogP contribution in [0.5, 0.6) is 0 Å². The Bertz CT molecular complexity index is 999. The number of thioether (sulfide) groups is 1. The maximum absolute atomic E-state index is 12.0. The van der Waals surface area contributed by atoms with Gasteiger partial charge in [0.1, 0.15) is 18.2 Å². The molecule has 0 spiro atoms. The zero-order chi connectivity index (χ0) is 17.1. The van der Waals surface area contributed by atoms with Gasteiger partial charge in [-0.25, -0.2) is 14.3 Å². The van der Waals surface area contributed by atoms with E-state index < -0.39 is 5.97 Å². The van der Waals surface area contributed by atoms with E-state index in [-0.39, 0.29) is 29.1 Å². The van der Waals surface area contributed by atoms with Crippen LogP contribution in [0.3, 0.4) is 0 Å². The highest BCUT2D eigenvalue weighted by molar-refractivity contribution is 7.98. The first-order chi connectivity index (χ1) is 11.6. The van der Waals surface area contributed by atoms with Crippen molar-refractivity contribution < 1.29 is 9.53 Å². The number of hydrogen-bond acceptors (Lipinski definition) is 6. The SMILES string of the molecule is CSc1ccc(C(=O)OCc2cc(=O)n3[nH]cc(C#N)c3n2)cc1. The van der Waals surface area contributed by atoms with Gasteiger partial charge >= 0.3 is 5.97 Å². The average molecular weight is 340 g/mol. The van der Waals surface area contributed by atoms with E-state index in [2.05, 4.69) is 10.1 Å². The molecule has 0 aliphatic carbocycles. The van der Waals surface area contributed by atoms with Crippen LogP contribution in [0.15, 0.2) is 46.2 Å². The topological polar surface area (TPSA) is 100 Å². The van der Waals surface area contributed by atoms with E-state index in [1.165, 1.54) is 12.3 Å². The van der Waals surface area contributed by atoms with Crippen molar-refractivity contribution in [2.45, 2.75) is 11.5 Å². The van der Waals surface area contributed by atoms with Crippen molar-refractivity contribution in [3.8, 4) is 6.07 Å². The summed E-state index contributed by atoms with van der Waals surface area (Å²) in [5.74, 6) is -0.501. The smallest absolute Gasteiger partial charge is 0.338 e. The quantitative estimate of drug-likeness (QED) is 0.576. The molecule has 120 valence electrons. The summed E-state index contributed by atoms with van der Waals surface area (Å²) in [6, 6.07) is 10.2. The highest BCUT2D eigenvalue weighted by atomic mass is 32.2. The number of fused-ring (bicyclic) bond motifs is 1. The summed E-state index contributed by atoms with van der Waals surface area (Å²) in [7, 11) is 0. The number of hydrogen-bond donors (Lipinski definition) is 1. The van der Waals surface area contributed by atoms with E-state index in [4.69, 9.17) is 10.00 Å².